The molecule has 0 heterocycles. The SMILES string of the molecule is COC(C)(C)CC(=O)Nc1cccc(CN)c1. The fraction of sp³-hybridized carbons (Fsp3) is 0.462. The second-order valence-electron chi connectivity index (χ2n) is 4.59. The van der Waals surface area contributed by atoms with Crippen molar-refractivity contribution < 1.29 is 9.53 Å². The minimum atomic E-state index is -0.449. The highest BCUT2D eigenvalue weighted by Gasteiger charge is 2.20. The van der Waals surface area contributed by atoms with Crippen molar-refractivity contribution in [2.45, 2.75) is 32.4 Å². The smallest absolute Gasteiger partial charge is 0.227 e. The van der Waals surface area contributed by atoms with Crippen LogP contribution in [0.15, 0.2) is 24.3 Å². The van der Waals surface area contributed by atoms with E-state index in [-0.39, 0.29) is 5.91 Å². The average Bonchev–Trinajstić information content (AvgIpc) is 2.28. The van der Waals surface area contributed by atoms with Crippen molar-refractivity contribution in [1.29, 1.82) is 0 Å². The van der Waals surface area contributed by atoms with Crippen LogP contribution < -0.4 is 11.1 Å². The topological polar surface area (TPSA) is 64.3 Å². The number of ether oxygens (including phenoxy) is 1. The van der Waals surface area contributed by atoms with Gasteiger partial charge in [-0.3, -0.25) is 4.79 Å². The number of anilines is 1. The summed E-state index contributed by atoms with van der Waals surface area (Å²) in [6.07, 6.45) is 0.316. The van der Waals surface area contributed by atoms with E-state index in [1.54, 1.807) is 7.11 Å². The van der Waals surface area contributed by atoms with Crippen molar-refractivity contribution in [1.82, 2.24) is 0 Å². The van der Waals surface area contributed by atoms with Crippen LogP contribution in [0.1, 0.15) is 25.8 Å². The van der Waals surface area contributed by atoms with Crippen molar-refractivity contribution in [3.8, 4) is 0 Å². The standard InChI is InChI=1S/C13H20N2O2/c1-13(2,17-3)8-12(16)15-11-6-4-5-10(7-11)9-14/h4-7H,8-9,14H2,1-3H3,(H,15,16). The summed E-state index contributed by atoms with van der Waals surface area (Å²) in [7, 11) is 1.60. The third kappa shape index (κ3) is 4.54. The molecule has 0 saturated heterocycles. The Kier molecular flexibility index (Phi) is 4.66. The van der Waals surface area contributed by atoms with E-state index in [1.807, 2.05) is 38.1 Å². The molecular formula is C13H20N2O2. The van der Waals surface area contributed by atoms with Gasteiger partial charge in [-0.15, -0.1) is 0 Å². The number of carbonyl (C=O) groups excluding carboxylic acids is 1. The molecule has 1 rings (SSSR count). The molecule has 0 aliphatic heterocycles. The third-order valence-electron chi connectivity index (χ3n) is 2.59. The summed E-state index contributed by atoms with van der Waals surface area (Å²) in [5.41, 5.74) is 6.85. The number of nitrogens with one attached hydrogen (secondary N) is 1. The average molecular weight is 236 g/mol. The Morgan fingerprint density at radius 3 is 2.76 bits per heavy atom. The molecule has 4 nitrogen and oxygen atoms in total. The van der Waals surface area contributed by atoms with Crippen LogP contribution in [0.4, 0.5) is 5.69 Å². The molecule has 17 heavy (non-hydrogen) atoms. The van der Waals surface area contributed by atoms with Crippen molar-refractivity contribution >= 4 is 11.6 Å². The van der Waals surface area contributed by atoms with E-state index in [0.29, 0.717) is 13.0 Å². The molecule has 1 aromatic rings. The van der Waals surface area contributed by atoms with Crippen LogP contribution in [0, 0.1) is 0 Å². The van der Waals surface area contributed by atoms with Gasteiger partial charge in [0.1, 0.15) is 0 Å². The Labute approximate surface area is 102 Å². The molecule has 0 aliphatic rings. The quantitative estimate of drug-likeness (QED) is 0.820. The zero-order valence-corrected chi connectivity index (χ0v) is 10.6. The molecule has 0 fully saturated rings. The third-order valence-corrected chi connectivity index (χ3v) is 2.59. The maximum absolute atomic E-state index is 11.8. The Balaban J connectivity index is 2.62. The summed E-state index contributed by atoms with van der Waals surface area (Å²) < 4.78 is 5.21. The number of hydrogen-bond acceptors (Lipinski definition) is 3. The normalized spacial score (nSPS) is 11.3. The predicted molar refractivity (Wildman–Crippen MR) is 68.7 cm³/mol. The van der Waals surface area contributed by atoms with Gasteiger partial charge >= 0.3 is 0 Å². The number of benzene rings is 1. The van der Waals surface area contributed by atoms with Crippen LogP contribution in [0.5, 0.6) is 0 Å². The lowest BCUT2D eigenvalue weighted by atomic mass is 10.0. The van der Waals surface area contributed by atoms with Crippen LogP contribution >= 0.6 is 0 Å². The summed E-state index contributed by atoms with van der Waals surface area (Å²) in [5, 5.41) is 2.83. The fourth-order valence-electron chi connectivity index (χ4n) is 1.44. The second kappa shape index (κ2) is 5.80. The molecule has 1 aromatic carbocycles. The molecule has 4 heteroatoms. The van der Waals surface area contributed by atoms with Crippen molar-refractivity contribution in [3.63, 3.8) is 0 Å². The highest BCUT2D eigenvalue weighted by atomic mass is 16.5. The number of carbonyl (C=O) groups is 1. The largest absolute Gasteiger partial charge is 0.378 e. The molecule has 0 radical (unpaired) electrons. The number of amides is 1. The molecule has 0 spiro atoms. The van der Waals surface area contributed by atoms with Gasteiger partial charge in [-0.2, -0.15) is 0 Å². The zero-order valence-electron chi connectivity index (χ0n) is 10.6. The van der Waals surface area contributed by atoms with E-state index in [1.165, 1.54) is 0 Å². The first-order valence-electron chi connectivity index (χ1n) is 5.61. The van der Waals surface area contributed by atoms with Gasteiger partial charge in [0.05, 0.1) is 12.0 Å². The molecule has 3 N–H and O–H groups in total. The summed E-state index contributed by atoms with van der Waals surface area (Å²) in [4.78, 5) is 11.8. The summed E-state index contributed by atoms with van der Waals surface area (Å²) in [6, 6.07) is 7.52. The van der Waals surface area contributed by atoms with E-state index in [9.17, 15) is 4.79 Å². The number of nitrogens with two attached hydrogens (primary N) is 1. The molecule has 0 atom stereocenters. The number of methoxy groups -OCH3 is 1. The zero-order chi connectivity index (χ0) is 12.9. The molecule has 0 aromatic heterocycles. The Morgan fingerprint density at radius 1 is 1.47 bits per heavy atom. The predicted octanol–water partition coefficient (Wildman–Crippen LogP) is 1.90. The molecule has 0 unspecified atom stereocenters. The Hall–Kier alpha value is -1.39. The van der Waals surface area contributed by atoms with Crippen molar-refractivity contribution in [2.75, 3.05) is 12.4 Å². The Bertz CT molecular complexity index is 389. The number of hydrogen-bond donors (Lipinski definition) is 2. The number of rotatable bonds is 5. The van der Waals surface area contributed by atoms with Gasteiger partial charge in [-0.1, -0.05) is 12.1 Å². The van der Waals surface area contributed by atoms with E-state index in [4.69, 9.17) is 10.5 Å². The van der Waals surface area contributed by atoms with Crippen LogP contribution in [-0.4, -0.2) is 18.6 Å². The van der Waals surface area contributed by atoms with E-state index in [2.05, 4.69) is 5.32 Å². The van der Waals surface area contributed by atoms with Gasteiger partial charge in [0.2, 0.25) is 5.91 Å². The van der Waals surface area contributed by atoms with E-state index < -0.39 is 5.60 Å². The first kappa shape index (κ1) is 13.7. The summed E-state index contributed by atoms with van der Waals surface area (Å²) >= 11 is 0. The van der Waals surface area contributed by atoms with Crippen LogP contribution in [-0.2, 0) is 16.1 Å². The highest BCUT2D eigenvalue weighted by molar-refractivity contribution is 5.91. The van der Waals surface area contributed by atoms with Gasteiger partial charge in [-0.05, 0) is 31.5 Å². The summed E-state index contributed by atoms with van der Waals surface area (Å²) in [5.74, 6) is -0.0639. The minimum Gasteiger partial charge on any atom is -0.378 e. The molecule has 0 saturated carbocycles. The van der Waals surface area contributed by atoms with Gasteiger partial charge in [0, 0.05) is 19.3 Å². The molecule has 0 aliphatic carbocycles. The van der Waals surface area contributed by atoms with Gasteiger partial charge in [-0.25, -0.2) is 0 Å². The van der Waals surface area contributed by atoms with Crippen molar-refractivity contribution in [2.24, 2.45) is 5.73 Å². The molecular weight excluding hydrogens is 216 g/mol. The fourth-order valence-corrected chi connectivity index (χ4v) is 1.44. The van der Waals surface area contributed by atoms with E-state index in [0.717, 1.165) is 11.3 Å². The maximum atomic E-state index is 11.8. The second-order valence-corrected chi connectivity index (χ2v) is 4.59. The highest BCUT2D eigenvalue weighted by Crippen LogP contribution is 2.15. The van der Waals surface area contributed by atoms with E-state index >= 15 is 0 Å². The van der Waals surface area contributed by atoms with Crippen LogP contribution in [0.25, 0.3) is 0 Å². The first-order chi connectivity index (χ1) is 7.96. The first-order valence-corrected chi connectivity index (χ1v) is 5.61. The lowest BCUT2D eigenvalue weighted by Crippen LogP contribution is -2.29. The van der Waals surface area contributed by atoms with Crippen LogP contribution in [0.3, 0.4) is 0 Å². The molecule has 94 valence electrons. The monoisotopic (exact) mass is 236 g/mol. The lowest BCUT2D eigenvalue weighted by Gasteiger charge is -2.21. The molecule has 0 bridgehead atoms. The minimum absolute atomic E-state index is 0.0639. The van der Waals surface area contributed by atoms with Gasteiger partial charge in [0.25, 0.3) is 0 Å². The summed E-state index contributed by atoms with van der Waals surface area (Å²) in [6.45, 7) is 4.22. The van der Waals surface area contributed by atoms with Crippen molar-refractivity contribution in [3.05, 3.63) is 29.8 Å². The van der Waals surface area contributed by atoms with Gasteiger partial charge < -0.3 is 15.8 Å². The maximum Gasteiger partial charge on any atom is 0.227 e. The van der Waals surface area contributed by atoms with Crippen LogP contribution in [0.2, 0.25) is 0 Å². The Morgan fingerprint density at radius 2 is 2.18 bits per heavy atom. The lowest BCUT2D eigenvalue weighted by molar-refractivity contribution is -0.121. The molecule has 1 amide bonds. The van der Waals surface area contributed by atoms with Gasteiger partial charge in [0.15, 0.2) is 0 Å².